The van der Waals surface area contributed by atoms with Crippen molar-refractivity contribution in [2.75, 3.05) is 26.2 Å². The first-order chi connectivity index (χ1) is 12.6. The molecule has 1 aromatic carbocycles. The number of hydrogen-bond acceptors (Lipinski definition) is 4. The van der Waals surface area contributed by atoms with E-state index in [9.17, 15) is 8.42 Å². The average Bonchev–Trinajstić information content (AvgIpc) is 3.49. The Morgan fingerprint density at radius 3 is 2.33 bits per heavy atom. The Labute approximate surface area is 170 Å². The molecule has 0 bridgehead atoms. The van der Waals surface area contributed by atoms with Crippen molar-refractivity contribution in [2.24, 2.45) is 5.92 Å². The van der Waals surface area contributed by atoms with Crippen LogP contribution in [-0.2, 0) is 10.0 Å². The summed E-state index contributed by atoms with van der Waals surface area (Å²) >= 11 is 0. The molecule has 0 aromatic heterocycles. The summed E-state index contributed by atoms with van der Waals surface area (Å²) in [5.74, 6) is 1.60. The number of hydrogen-bond donors (Lipinski definition) is 1. The molecule has 1 saturated heterocycles. The van der Waals surface area contributed by atoms with Crippen molar-refractivity contribution in [1.29, 1.82) is 0 Å². The Bertz CT molecular complexity index is 654. The molecular formula is C20H33ClN2O3S. The van der Waals surface area contributed by atoms with Gasteiger partial charge in [0.1, 0.15) is 5.75 Å². The maximum absolute atomic E-state index is 12.8. The third-order valence-electron chi connectivity index (χ3n) is 5.32. The molecule has 0 amide bonds. The Morgan fingerprint density at radius 1 is 1.07 bits per heavy atom. The molecule has 1 aromatic rings. The van der Waals surface area contributed by atoms with Gasteiger partial charge in [0.15, 0.2) is 0 Å². The van der Waals surface area contributed by atoms with Crippen LogP contribution in [0.4, 0.5) is 0 Å². The first-order valence-electron chi connectivity index (χ1n) is 10.1. The first kappa shape index (κ1) is 22.5. The SMILES string of the molecule is CCCCCOc1ccc(S(=O)(=O)N2CCC(NCC3CC3)CC2)cc1.Cl. The van der Waals surface area contributed by atoms with Crippen molar-refractivity contribution in [3.05, 3.63) is 24.3 Å². The molecule has 7 heteroatoms. The second kappa shape index (κ2) is 10.6. The van der Waals surface area contributed by atoms with Gasteiger partial charge in [-0.1, -0.05) is 19.8 Å². The van der Waals surface area contributed by atoms with Crippen LogP contribution in [0.15, 0.2) is 29.2 Å². The van der Waals surface area contributed by atoms with Crippen LogP contribution >= 0.6 is 12.4 Å². The number of sulfonamides is 1. The molecule has 1 aliphatic heterocycles. The highest BCUT2D eigenvalue weighted by Gasteiger charge is 2.30. The quantitative estimate of drug-likeness (QED) is 0.589. The predicted molar refractivity (Wildman–Crippen MR) is 111 cm³/mol. The smallest absolute Gasteiger partial charge is 0.243 e. The zero-order valence-electron chi connectivity index (χ0n) is 16.2. The number of nitrogens with one attached hydrogen (secondary N) is 1. The van der Waals surface area contributed by atoms with E-state index < -0.39 is 10.0 Å². The van der Waals surface area contributed by atoms with Gasteiger partial charge in [0, 0.05) is 19.1 Å². The second-order valence-electron chi connectivity index (χ2n) is 7.56. The second-order valence-corrected chi connectivity index (χ2v) is 9.49. The van der Waals surface area contributed by atoms with Crippen molar-refractivity contribution < 1.29 is 13.2 Å². The summed E-state index contributed by atoms with van der Waals surface area (Å²) in [7, 11) is -3.40. The topological polar surface area (TPSA) is 58.6 Å². The molecule has 0 atom stereocenters. The van der Waals surface area contributed by atoms with Gasteiger partial charge in [0.05, 0.1) is 11.5 Å². The van der Waals surface area contributed by atoms with Gasteiger partial charge in [-0.15, -0.1) is 12.4 Å². The van der Waals surface area contributed by atoms with Gasteiger partial charge in [-0.05, 0) is 68.8 Å². The van der Waals surface area contributed by atoms with Crippen LogP contribution in [0.1, 0.15) is 51.9 Å². The van der Waals surface area contributed by atoms with Gasteiger partial charge in [0.2, 0.25) is 10.0 Å². The minimum atomic E-state index is -3.40. The van der Waals surface area contributed by atoms with Crippen LogP contribution in [0.25, 0.3) is 0 Å². The van der Waals surface area contributed by atoms with Gasteiger partial charge < -0.3 is 10.1 Å². The van der Waals surface area contributed by atoms with Crippen molar-refractivity contribution >= 4 is 22.4 Å². The Morgan fingerprint density at radius 2 is 1.74 bits per heavy atom. The van der Waals surface area contributed by atoms with Gasteiger partial charge in [0.25, 0.3) is 0 Å². The van der Waals surface area contributed by atoms with E-state index in [0.29, 0.717) is 30.6 Å². The molecule has 0 radical (unpaired) electrons. The third kappa shape index (κ3) is 6.63. The maximum Gasteiger partial charge on any atom is 0.243 e. The highest BCUT2D eigenvalue weighted by molar-refractivity contribution is 7.89. The molecule has 27 heavy (non-hydrogen) atoms. The number of piperidine rings is 1. The van der Waals surface area contributed by atoms with E-state index in [-0.39, 0.29) is 12.4 Å². The molecule has 3 rings (SSSR count). The van der Waals surface area contributed by atoms with E-state index in [1.807, 2.05) is 0 Å². The van der Waals surface area contributed by atoms with Crippen LogP contribution in [0.2, 0.25) is 0 Å². The zero-order valence-corrected chi connectivity index (χ0v) is 17.9. The van der Waals surface area contributed by atoms with Gasteiger partial charge in [-0.3, -0.25) is 0 Å². The number of unbranched alkanes of at least 4 members (excludes halogenated alkanes) is 2. The summed E-state index contributed by atoms with van der Waals surface area (Å²) in [5, 5.41) is 3.59. The van der Waals surface area contributed by atoms with Gasteiger partial charge in [-0.25, -0.2) is 8.42 Å². The maximum atomic E-state index is 12.8. The van der Waals surface area contributed by atoms with E-state index in [1.54, 1.807) is 28.6 Å². The molecule has 0 spiro atoms. The molecule has 1 heterocycles. The Hall–Kier alpha value is -0.820. The third-order valence-corrected chi connectivity index (χ3v) is 7.24. The average molecular weight is 417 g/mol. The fourth-order valence-electron chi connectivity index (χ4n) is 3.35. The largest absolute Gasteiger partial charge is 0.494 e. The van der Waals surface area contributed by atoms with Crippen LogP contribution in [0, 0.1) is 5.92 Å². The Kier molecular flexibility index (Phi) is 8.86. The Balaban J connectivity index is 0.00000261. The fourth-order valence-corrected chi connectivity index (χ4v) is 4.82. The number of nitrogens with zero attached hydrogens (tertiary/aromatic N) is 1. The standard InChI is InChI=1S/C20H32N2O3S.ClH/c1-2-3-4-15-25-19-7-9-20(10-8-19)26(23,24)22-13-11-18(12-14-22)21-16-17-5-6-17;/h7-10,17-18,21H,2-6,11-16H2,1H3;1H. The molecule has 1 saturated carbocycles. The zero-order chi connectivity index (χ0) is 18.4. The van der Waals surface area contributed by atoms with Gasteiger partial charge in [-0.2, -0.15) is 4.31 Å². The highest BCUT2D eigenvalue weighted by Crippen LogP contribution is 2.28. The molecule has 0 unspecified atom stereocenters. The van der Waals surface area contributed by atoms with Crippen LogP contribution in [0.3, 0.4) is 0 Å². The summed E-state index contributed by atoms with van der Waals surface area (Å²) in [6.07, 6.45) is 7.82. The molecule has 2 fully saturated rings. The highest BCUT2D eigenvalue weighted by atomic mass is 35.5. The minimum Gasteiger partial charge on any atom is -0.494 e. The van der Waals surface area contributed by atoms with Crippen molar-refractivity contribution in [1.82, 2.24) is 9.62 Å². The van der Waals surface area contributed by atoms with Crippen molar-refractivity contribution in [3.8, 4) is 5.75 Å². The van der Waals surface area contributed by atoms with E-state index in [2.05, 4.69) is 12.2 Å². The van der Waals surface area contributed by atoms with E-state index in [0.717, 1.165) is 50.3 Å². The molecular weight excluding hydrogens is 384 g/mol. The summed E-state index contributed by atoms with van der Waals surface area (Å²) in [5.41, 5.74) is 0. The molecule has 1 aliphatic carbocycles. The lowest BCUT2D eigenvalue weighted by Gasteiger charge is -2.31. The monoisotopic (exact) mass is 416 g/mol. The van der Waals surface area contributed by atoms with E-state index >= 15 is 0 Å². The lowest BCUT2D eigenvalue weighted by Crippen LogP contribution is -2.45. The molecule has 2 aliphatic rings. The lowest BCUT2D eigenvalue weighted by atomic mass is 10.1. The fraction of sp³-hybridized carbons (Fsp3) is 0.700. The minimum absolute atomic E-state index is 0. The molecule has 5 nitrogen and oxygen atoms in total. The van der Waals surface area contributed by atoms with Crippen LogP contribution < -0.4 is 10.1 Å². The summed E-state index contributed by atoms with van der Waals surface area (Å²) in [6, 6.07) is 7.33. The van der Waals surface area contributed by atoms with Crippen molar-refractivity contribution in [2.45, 2.75) is 62.8 Å². The molecule has 154 valence electrons. The summed E-state index contributed by atoms with van der Waals surface area (Å²) in [6.45, 7) is 5.13. The lowest BCUT2D eigenvalue weighted by molar-refractivity contribution is 0.288. The van der Waals surface area contributed by atoms with Crippen LogP contribution in [0.5, 0.6) is 5.75 Å². The van der Waals surface area contributed by atoms with Crippen molar-refractivity contribution in [3.63, 3.8) is 0 Å². The summed E-state index contributed by atoms with van der Waals surface area (Å²) < 4.78 is 33.0. The van der Waals surface area contributed by atoms with Gasteiger partial charge >= 0.3 is 0 Å². The predicted octanol–water partition coefficient (Wildman–Crippen LogP) is 3.83. The van der Waals surface area contributed by atoms with E-state index in [4.69, 9.17) is 4.74 Å². The first-order valence-corrected chi connectivity index (χ1v) is 11.5. The number of benzene rings is 1. The normalized spacial score (nSPS) is 18.9. The van der Waals surface area contributed by atoms with E-state index in [1.165, 1.54) is 12.8 Å². The van der Waals surface area contributed by atoms with Crippen LogP contribution in [-0.4, -0.2) is 45.0 Å². The number of rotatable bonds is 10. The number of ether oxygens (including phenoxy) is 1. The number of halogens is 1. The molecule has 1 N–H and O–H groups in total. The summed E-state index contributed by atoms with van der Waals surface area (Å²) in [4.78, 5) is 0.364.